The third kappa shape index (κ3) is 3.37. The molecule has 1 fully saturated rings. The molecule has 1 heterocycles. The van der Waals surface area contributed by atoms with Crippen LogP contribution in [-0.4, -0.2) is 30.6 Å². The van der Waals surface area contributed by atoms with E-state index in [-0.39, 0.29) is 17.2 Å². The molecule has 2 rings (SSSR count). The minimum absolute atomic E-state index is 0.0817. The van der Waals surface area contributed by atoms with Gasteiger partial charge in [0, 0.05) is 11.6 Å². The van der Waals surface area contributed by atoms with Crippen molar-refractivity contribution < 1.29 is 9.90 Å². The van der Waals surface area contributed by atoms with Crippen molar-refractivity contribution in [3.63, 3.8) is 0 Å². The molecule has 18 heavy (non-hydrogen) atoms. The zero-order valence-corrected chi connectivity index (χ0v) is 10.8. The molecule has 4 nitrogen and oxygen atoms in total. The summed E-state index contributed by atoms with van der Waals surface area (Å²) < 4.78 is 0. The molecule has 1 aliphatic heterocycles. The van der Waals surface area contributed by atoms with Crippen LogP contribution in [0.4, 0.5) is 0 Å². The number of carbonyl (C=O) groups is 1. The summed E-state index contributed by atoms with van der Waals surface area (Å²) in [4.78, 5) is 11.9. The van der Waals surface area contributed by atoms with Crippen molar-refractivity contribution in [1.29, 1.82) is 0 Å². The third-order valence-electron chi connectivity index (χ3n) is 3.15. The number of benzene rings is 1. The number of hydrogen-bond acceptors (Lipinski definition) is 3. The topological polar surface area (TPSA) is 61.4 Å². The molecule has 0 aromatic heterocycles. The molecule has 1 aromatic rings. The first-order valence-electron chi connectivity index (χ1n) is 6.14. The molecular weight excluding hydrogens is 252 g/mol. The van der Waals surface area contributed by atoms with Gasteiger partial charge < -0.3 is 15.7 Å². The average Bonchev–Trinajstić information content (AvgIpc) is 2.37. The van der Waals surface area contributed by atoms with E-state index in [4.69, 9.17) is 11.6 Å². The van der Waals surface area contributed by atoms with Crippen molar-refractivity contribution in [3.05, 3.63) is 28.8 Å². The van der Waals surface area contributed by atoms with Crippen LogP contribution in [-0.2, 0) is 0 Å². The Labute approximate surface area is 111 Å². The smallest absolute Gasteiger partial charge is 0.255 e. The first-order chi connectivity index (χ1) is 8.66. The summed E-state index contributed by atoms with van der Waals surface area (Å²) in [5, 5.41) is 16.2. The molecule has 98 valence electrons. The van der Waals surface area contributed by atoms with Gasteiger partial charge in [-0.25, -0.2) is 0 Å². The number of piperidine rings is 1. The molecule has 1 aromatic carbocycles. The maximum absolute atomic E-state index is 11.9. The quantitative estimate of drug-likeness (QED) is 0.783. The predicted octanol–water partition coefficient (Wildman–Crippen LogP) is 1.77. The normalized spacial score (nSPS) is 19.5. The van der Waals surface area contributed by atoms with E-state index in [0.29, 0.717) is 17.5 Å². The Morgan fingerprint density at radius 1 is 1.56 bits per heavy atom. The number of carbonyl (C=O) groups excluding carboxylic acids is 1. The number of aromatic hydroxyl groups is 1. The lowest BCUT2D eigenvalue weighted by molar-refractivity contribution is 0.0942. The number of nitrogens with one attached hydrogen (secondary N) is 2. The summed E-state index contributed by atoms with van der Waals surface area (Å²) in [7, 11) is 0. The van der Waals surface area contributed by atoms with Gasteiger partial charge in [-0.05, 0) is 50.0 Å². The Kier molecular flexibility index (Phi) is 4.44. The molecule has 1 atom stereocenters. The standard InChI is InChI=1S/C13H17ClN2O2/c14-10-3-4-11(12(17)6-10)13(18)16-8-9-2-1-5-15-7-9/h3-4,6,9,15,17H,1-2,5,7-8H2,(H,16,18). The highest BCUT2D eigenvalue weighted by atomic mass is 35.5. The van der Waals surface area contributed by atoms with E-state index >= 15 is 0 Å². The van der Waals surface area contributed by atoms with Gasteiger partial charge in [0.05, 0.1) is 5.56 Å². The number of halogens is 1. The molecule has 0 spiro atoms. The van der Waals surface area contributed by atoms with Crippen LogP contribution in [0.3, 0.4) is 0 Å². The van der Waals surface area contributed by atoms with E-state index in [1.54, 1.807) is 6.07 Å². The van der Waals surface area contributed by atoms with Crippen LogP contribution in [0.25, 0.3) is 0 Å². The fourth-order valence-electron chi connectivity index (χ4n) is 2.13. The second-order valence-electron chi connectivity index (χ2n) is 4.58. The Balaban J connectivity index is 1.90. The monoisotopic (exact) mass is 268 g/mol. The predicted molar refractivity (Wildman–Crippen MR) is 71.0 cm³/mol. The fourth-order valence-corrected chi connectivity index (χ4v) is 2.29. The average molecular weight is 269 g/mol. The lowest BCUT2D eigenvalue weighted by Crippen LogP contribution is -2.38. The second-order valence-corrected chi connectivity index (χ2v) is 5.02. The van der Waals surface area contributed by atoms with Gasteiger partial charge in [-0.1, -0.05) is 11.6 Å². The molecule has 1 aliphatic rings. The van der Waals surface area contributed by atoms with Crippen LogP contribution in [0.2, 0.25) is 5.02 Å². The maximum Gasteiger partial charge on any atom is 0.255 e. The van der Waals surface area contributed by atoms with Gasteiger partial charge in [0.1, 0.15) is 5.75 Å². The van der Waals surface area contributed by atoms with E-state index in [2.05, 4.69) is 10.6 Å². The number of rotatable bonds is 3. The summed E-state index contributed by atoms with van der Waals surface area (Å²) in [5.41, 5.74) is 0.267. The summed E-state index contributed by atoms with van der Waals surface area (Å²) >= 11 is 5.72. The van der Waals surface area contributed by atoms with Crippen LogP contribution in [0, 0.1) is 5.92 Å². The van der Waals surface area contributed by atoms with Crippen LogP contribution >= 0.6 is 11.6 Å². The number of phenolic OH excluding ortho intramolecular Hbond substituents is 1. The first kappa shape index (κ1) is 13.2. The molecule has 1 unspecified atom stereocenters. The van der Waals surface area contributed by atoms with Crippen LogP contribution in [0.15, 0.2) is 18.2 Å². The van der Waals surface area contributed by atoms with Crippen LogP contribution in [0.5, 0.6) is 5.75 Å². The molecule has 0 aliphatic carbocycles. The number of amides is 1. The lowest BCUT2D eigenvalue weighted by atomic mass is 9.99. The SMILES string of the molecule is O=C(NCC1CCCNC1)c1ccc(Cl)cc1O. The van der Waals surface area contributed by atoms with Crippen LogP contribution in [0.1, 0.15) is 23.2 Å². The van der Waals surface area contributed by atoms with Crippen molar-refractivity contribution in [3.8, 4) is 5.75 Å². The summed E-state index contributed by atoms with van der Waals surface area (Å²) in [5.74, 6) is 0.133. The van der Waals surface area contributed by atoms with E-state index in [9.17, 15) is 9.90 Å². The van der Waals surface area contributed by atoms with E-state index in [1.165, 1.54) is 12.1 Å². The highest BCUT2D eigenvalue weighted by Gasteiger charge is 2.16. The van der Waals surface area contributed by atoms with Gasteiger partial charge in [0.2, 0.25) is 0 Å². The maximum atomic E-state index is 11.9. The van der Waals surface area contributed by atoms with Crippen molar-refractivity contribution >= 4 is 17.5 Å². The van der Waals surface area contributed by atoms with Gasteiger partial charge in [-0.15, -0.1) is 0 Å². The summed E-state index contributed by atoms with van der Waals surface area (Å²) in [6, 6.07) is 4.50. The van der Waals surface area contributed by atoms with Crippen molar-refractivity contribution in [2.75, 3.05) is 19.6 Å². The second kappa shape index (κ2) is 6.07. The summed E-state index contributed by atoms with van der Waals surface area (Å²) in [6.45, 7) is 2.63. The highest BCUT2D eigenvalue weighted by molar-refractivity contribution is 6.30. The van der Waals surface area contributed by atoms with Gasteiger partial charge in [0.15, 0.2) is 0 Å². The van der Waals surface area contributed by atoms with Crippen molar-refractivity contribution in [1.82, 2.24) is 10.6 Å². The van der Waals surface area contributed by atoms with Gasteiger partial charge in [-0.3, -0.25) is 4.79 Å². The Bertz CT molecular complexity index is 431. The fraction of sp³-hybridized carbons (Fsp3) is 0.462. The van der Waals surface area contributed by atoms with Gasteiger partial charge in [-0.2, -0.15) is 0 Å². The first-order valence-corrected chi connectivity index (χ1v) is 6.52. The van der Waals surface area contributed by atoms with E-state index in [1.807, 2.05) is 0 Å². The molecule has 0 bridgehead atoms. The lowest BCUT2D eigenvalue weighted by Gasteiger charge is -2.22. The Morgan fingerprint density at radius 3 is 3.06 bits per heavy atom. The molecule has 1 amide bonds. The van der Waals surface area contributed by atoms with E-state index in [0.717, 1.165) is 25.9 Å². The van der Waals surface area contributed by atoms with E-state index < -0.39 is 0 Å². The Hall–Kier alpha value is -1.26. The zero-order chi connectivity index (χ0) is 13.0. The molecule has 5 heteroatoms. The number of phenols is 1. The third-order valence-corrected chi connectivity index (χ3v) is 3.39. The summed E-state index contributed by atoms with van der Waals surface area (Å²) in [6.07, 6.45) is 2.27. The van der Waals surface area contributed by atoms with Crippen molar-refractivity contribution in [2.24, 2.45) is 5.92 Å². The van der Waals surface area contributed by atoms with Gasteiger partial charge in [0.25, 0.3) is 5.91 Å². The highest BCUT2D eigenvalue weighted by Crippen LogP contribution is 2.21. The Morgan fingerprint density at radius 2 is 2.39 bits per heavy atom. The minimum atomic E-state index is -0.255. The number of hydrogen-bond donors (Lipinski definition) is 3. The molecule has 3 N–H and O–H groups in total. The minimum Gasteiger partial charge on any atom is -0.507 e. The largest absolute Gasteiger partial charge is 0.507 e. The molecular formula is C13H17ClN2O2. The zero-order valence-electron chi connectivity index (χ0n) is 10.1. The van der Waals surface area contributed by atoms with Crippen molar-refractivity contribution in [2.45, 2.75) is 12.8 Å². The molecule has 1 saturated heterocycles. The molecule has 0 saturated carbocycles. The van der Waals surface area contributed by atoms with Gasteiger partial charge >= 0.3 is 0 Å². The molecule has 0 radical (unpaired) electrons. The van der Waals surface area contributed by atoms with Crippen LogP contribution < -0.4 is 10.6 Å².